The number of anilines is 1. The van der Waals surface area contributed by atoms with Crippen molar-refractivity contribution in [2.75, 3.05) is 31.1 Å². The highest BCUT2D eigenvalue weighted by Gasteiger charge is 2.14. The van der Waals surface area contributed by atoms with Crippen molar-refractivity contribution in [2.24, 2.45) is 0 Å². The van der Waals surface area contributed by atoms with Gasteiger partial charge in [-0.3, -0.25) is 0 Å². The van der Waals surface area contributed by atoms with Gasteiger partial charge in [0.25, 0.3) is 0 Å². The van der Waals surface area contributed by atoms with E-state index in [1.807, 2.05) is 0 Å². The molecule has 0 bridgehead atoms. The van der Waals surface area contributed by atoms with Crippen LogP contribution in [0.5, 0.6) is 0 Å². The lowest BCUT2D eigenvalue weighted by molar-refractivity contribution is 0.609. The Morgan fingerprint density at radius 3 is 3.00 bits per heavy atom. The average Bonchev–Trinajstić information content (AvgIpc) is 2.39. The largest absolute Gasteiger partial charge is 0.371 e. The number of hydrogen-bond donors (Lipinski definition) is 1. The van der Waals surface area contributed by atoms with Crippen LogP contribution >= 0.6 is 0 Å². The molecule has 1 N–H and O–H groups in total. The van der Waals surface area contributed by atoms with Gasteiger partial charge in [0, 0.05) is 18.8 Å². The van der Waals surface area contributed by atoms with Crippen LogP contribution in [-0.2, 0) is 6.42 Å². The number of nitrogens with one attached hydrogen (secondary N) is 1. The molecular weight excluding hydrogens is 208 g/mol. The maximum atomic E-state index is 3.39. The topological polar surface area (TPSA) is 15.3 Å². The zero-order chi connectivity index (χ0) is 11.9. The minimum absolute atomic E-state index is 1.09. The fourth-order valence-electron chi connectivity index (χ4n) is 2.57. The van der Waals surface area contributed by atoms with E-state index in [1.54, 1.807) is 0 Å². The molecule has 17 heavy (non-hydrogen) atoms. The number of benzene rings is 1. The van der Waals surface area contributed by atoms with Gasteiger partial charge in [-0.1, -0.05) is 25.1 Å². The summed E-state index contributed by atoms with van der Waals surface area (Å²) in [6, 6.07) is 8.88. The van der Waals surface area contributed by atoms with Crippen LogP contribution in [0.2, 0.25) is 0 Å². The predicted octanol–water partition coefficient (Wildman–Crippen LogP) is 2.83. The molecule has 0 unspecified atom stereocenters. The van der Waals surface area contributed by atoms with Gasteiger partial charge in [-0.2, -0.15) is 0 Å². The number of para-hydroxylation sites is 1. The Kier molecular flexibility index (Phi) is 4.87. The first-order valence-corrected chi connectivity index (χ1v) is 6.95. The molecule has 2 nitrogen and oxygen atoms in total. The van der Waals surface area contributed by atoms with Gasteiger partial charge in [-0.25, -0.2) is 0 Å². The third-order valence-electron chi connectivity index (χ3n) is 3.49. The molecule has 1 aromatic carbocycles. The standard InChI is InChI=1S/C15H24N2/c1-2-16-11-5-6-12-17-13-7-9-14-8-3-4-10-15(14)17/h3-4,8,10,16H,2,5-7,9,11-13H2,1H3. The average molecular weight is 232 g/mol. The number of aryl methyl sites for hydroxylation is 1. The Labute approximate surface area is 105 Å². The van der Waals surface area contributed by atoms with Gasteiger partial charge in [-0.05, 0) is 50.4 Å². The predicted molar refractivity (Wildman–Crippen MR) is 74.8 cm³/mol. The Morgan fingerprint density at radius 1 is 1.24 bits per heavy atom. The summed E-state index contributed by atoms with van der Waals surface area (Å²) in [5.41, 5.74) is 3.01. The molecule has 1 heterocycles. The summed E-state index contributed by atoms with van der Waals surface area (Å²) < 4.78 is 0. The van der Waals surface area contributed by atoms with Crippen molar-refractivity contribution in [3.63, 3.8) is 0 Å². The summed E-state index contributed by atoms with van der Waals surface area (Å²) in [4.78, 5) is 2.56. The van der Waals surface area contributed by atoms with Crippen LogP contribution in [0.25, 0.3) is 0 Å². The smallest absolute Gasteiger partial charge is 0.0398 e. The second kappa shape index (κ2) is 6.65. The summed E-state index contributed by atoms with van der Waals surface area (Å²) in [5, 5.41) is 3.39. The molecule has 0 saturated heterocycles. The van der Waals surface area contributed by atoms with E-state index in [1.165, 1.54) is 50.0 Å². The molecule has 0 amide bonds. The van der Waals surface area contributed by atoms with Gasteiger partial charge in [0.2, 0.25) is 0 Å². The molecule has 0 saturated carbocycles. The summed E-state index contributed by atoms with van der Waals surface area (Å²) in [6.45, 7) is 6.86. The first-order valence-electron chi connectivity index (χ1n) is 6.95. The van der Waals surface area contributed by atoms with Crippen LogP contribution in [-0.4, -0.2) is 26.2 Å². The van der Waals surface area contributed by atoms with E-state index in [9.17, 15) is 0 Å². The summed E-state index contributed by atoms with van der Waals surface area (Å²) >= 11 is 0. The van der Waals surface area contributed by atoms with Gasteiger partial charge in [0.05, 0.1) is 0 Å². The van der Waals surface area contributed by atoms with Crippen molar-refractivity contribution >= 4 is 5.69 Å². The van der Waals surface area contributed by atoms with Crippen molar-refractivity contribution in [2.45, 2.75) is 32.6 Å². The minimum Gasteiger partial charge on any atom is -0.371 e. The van der Waals surface area contributed by atoms with E-state index in [2.05, 4.69) is 41.4 Å². The van der Waals surface area contributed by atoms with Crippen LogP contribution < -0.4 is 10.2 Å². The molecule has 0 aliphatic carbocycles. The molecule has 0 spiro atoms. The van der Waals surface area contributed by atoms with Crippen LogP contribution in [0.4, 0.5) is 5.69 Å². The fraction of sp³-hybridized carbons (Fsp3) is 0.600. The lowest BCUT2D eigenvalue weighted by atomic mass is 10.0. The van der Waals surface area contributed by atoms with Gasteiger partial charge >= 0.3 is 0 Å². The minimum atomic E-state index is 1.09. The molecule has 1 aromatic rings. The molecule has 0 fully saturated rings. The number of rotatable bonds is 6. The molecule has 94 valence electrons. The normalized spacial score (nSPS) is 14.8. The molecule has 1 aliphatic rings. The molecule has 1 aliphatic heterocycles. The Bertz CT molecular complexity index is 335. The van der Waals surface area contributed by atoms with E-state index in [4.69, 9.17) is 0 Å². The third-order valence-corrected chi connectivity index (χ3v) is 3.49. The van der Waals surface area contributed by atoms with E-state index in [-0.39, 0.29) is 0 Å². The SMILES string of the molecule is CCNCCCCN1CCCc2ccccc21. The lowest BCUT2D eigenvalue weighted by Gasteiger charge is -2.31. The summed E-state index contributed by atoms with van der Waals surface area (Å²) in [5.74, 6) is 0. The first-order chi connectivity index (χ1) is 8.42. The second-order valence-electron chi connectivity index (χ2n) is 4.78. The van der Waals surface area contributed by atoms with Gasteiger partial charge in [-0.15, -0.1) is 0 Å². The number of hydrogen-bond acceptors (Lipinski definition) is 2. The van der Waals surface area contributed by atoms with Crippen molar-refractivity contribution < 1.29 is 0 Å². The highest BCUT2D eigenvalue weighted by atomic mass is 15.1. The lowest BCUT2D eigenvalue weighted by Crippen LogP contribution is -2.30. The quantitative estimate of drug-likeness (QED) is 0.759. The number of unbranched alkanes of at least 4 members (excludes halogenated alkanes) is 1. The molecule has 2 rings (SSSR count). The van der Waals surface area contributed by atoms with E-state index < -0.39 is 0 Å². The zero-order valence-corrected chi connectivity index (χ0v) is 10.9. The molecule has 0 radical (unpaired) electrons. The van der Waals surface area contributed by atoms with E-state index in [0.29, 0.717) is 0 Å². The highest BCUT2D eigenvalue weighted by Crippen LogP contribution is 2.26. The van der Waals surface area contributed by atoms with Crippen molar-refractivity contribution in [3.05, 3.63) is 29.8 Å². The maximum Gasteiger partial charge on any atom is 0.0398 e. The van der Waals surface area contributed by atoms with Crippen molar-refractivity contribution in [3.8, 4) is 0 Å². The Morgan fingerprint density at radius 2 is 2.12 bits per heavy atom. The summed E-state index contributed by atoms with van der Waals surface area (Å²) in [7, 11) is 0. The fourth-order valence-corrected chi connectivity index (χ4v) is 2.57. The highest BCUT2D eigenvalue weighted by molar-refractivity contribution is 5.55. The van der Waals surface area contributed by atoms with Gasteiger partial charge in [0.15, 0.2) is 0 Å². The van der Waals surface area contributed by atoms with Gasteiger partial charge < -0.3 is 10.2 Å². The number of nitrogens with zero attached hydrogens (tertiary/aromatic N) is 1. The number of fused-ring (bicyclic) bond motifs is 1. The molecule has 0 atom stereocenters. The zero-order valence-electron chi connectivity index (χ0n) is 10.9. The van der Waals surface area contributed by atoms with Crippen LogP contribution in [0.15, 0.2) is 24.3 Å². The Hall–Kier alpha value is -1.02. The van der Waals surface area contributed by atoms with E-state index >= 15 is 0 Å². The van der Waals surface area contributed by atoms with Crippen LogP contribution in [0.1, 0.15) is 31.7 Å². The maximum absolute atomic E-state index is 3.39. The van der Waals surface area contributed by atoms with Crippen molar-refractivity contribution in [1.29, 1.82) is 0 Å². The third kappa shape index (κ3) is 3.47. The monoisotopic (exact) mass is 232 g/mol. The second-order valence-corrected chi connectivity index (χ2v) is 4.78. The first kappa shape index (κ1) is 12.4. The van der Waals surface area contributed by atoms with Crippen LogP contribution in [0.3, 0.4) is 0 Å². The summed E-state index contributed by atoms with van der Waals surface area (Å²) in [6.07, 6.45) is 5.14. The van der Waals surface area contributed by atoms with Crippen molar-refractivity contribution in [1.82, 2.24) is 5.32 Å². The molecule has 0 aromatic heterocycles. The van der Waals surface area contributed by atoms with E-state index in [0.717, 1.165) is 13.1 Å². The molecule has 2 heteroatoms. The Balaban J connectivity index is 1.82. The van der Waals surface area contributed by atoms with Crippen LogP contribution in [0, 0.1) is 0 Å². The van der Waals surface area contributed by atoms with Gasteiger partial charge in [0.1, 0.15) is 0 Å². The molecular formula is C15H24N2.